The molecule has 2 rings (SSSR count). The van der Waals surface area contributed by atoms with Crippen LogP contribution in [0.25, 0.3) is 0 Å². The monoisotopic (exact) mass is 288 g/mol. The summed E-state index contributed by atoms with van der Waals surface area (Å²) in [6, 6.07) is 4.95. The van der Waals surface area contributed by atoms with Gasteiger partial charge in [-0.2, -0.15) is 10.4 Å². The van der Waals surface area contributed by atoms with Crippen LogP contribution < -0.4 is 10.3 Å². The Morgan fingerprint density at radius 1 is 1.52 bits per heavy atom. The van der Waals surface area contributed by atoms with E-state index in [4.69, 9.17) is 5.26 Å². The number of anilines is 1. The number of hydrogen-bond acceptors (Lipinski definition) is 4. The molecule has 6 heteroatoms. The van der Waals surface area contributed by atoms with Gasteiger partial charge in [-0.25, -0.2) is 9.82 Å². The van der Waals surface area contributed by atoms with Crippen LogP contribution in [0.2, 0.25) is 0 Å². The van der Waals surface area contributed by atoms with Crippen LogP contribution in [0.1, 0.15) is 30.4 Å². The highest BCUT2D eigenvalue weighted by Crippen LogP contribution is 2.26. The molecule has 1 aliphatic rings. The predicted octanol–water partition coefficient (Wildman–Crippen LogP) is 2.10. The molecule has 0 aliphatic carbocycles. The Hall–Kier alpha value is -2.42. The van der Waals surface area contributed by atoms with E-state index in [0.717, 1.165) is 31.5 Å². The number of aryl methyl sites for hydroxylation is 1. The zero-order valence-corrected chi connectivity index (χ0v) is 11.9. The number of rotatable bonds is 4. The summed E-state index contributed by atoms with van der Waals surface area (Å²) < 4.78 is 14.2. The maximum Gasteiger partial charge on any atom is 0.254 e. The summed E-state index contributed by atoms with van der Waals surface area (Å²) in [5.41, 5.74) is 4.33. The first kappa shape index (κ1) is 15.0. The molecule has 0 bridgehead atoms. The van der Waals surface area contributed by atoms with E-state index in [1.807, 2.05) is 11.8 Å². The first-order chi connectivity index (χ1) is 10.1. The Morgan fingerprint density at radius 3 is 2.90 bits per heavy atom. The van der Waals surface area contributed by atoms with Gasteiger partial charge in [0.05, 0.1) is 18.0 Å². The summed E-state index contributed by atoms with van der Waals surface area (Å²) in [6.07, 6.45) is 3.32. The van der Waals surface area contributed by atoms with Crippen LogP contribution in [0, 0.1) is 24.1 Å². The lowest BCUT2D eigenvalue weighted by Gasteiger charge is -2.19. The third kappa shape index (κ3) is 3.78. The minimum Gasteiger partial charge on any atom is -0.369 e. The molecule has 5 nitrogen and oxygen atoms in total. The van der Waals surface area contributed by atoms with E-state index < -0.39 is 5.91 Å². The van der Waals surface area contributed by atoms with E-state index in [1.54, 1.807) is 12.1 Å². The minimum atomic E-state index is -0.486. The highest BCUT2D eigenvalue weighted by Gasteiger charge is 2.17. The summed E-state index contributed by atoms with van der Waals surface area (Å²) in [6.45, 7) is 3.64. The van der Waals surface area contributed by atoms with Crippen LogP contribution in [0.15, 0.2) is 17.2 Å². The molecular formula is C15H17FN4O. The van der Waals surface area contributed by atoms with Crippen molar-refractivity contribution < 1.29 is 9.18 Å². The third-order valence-corrected chi connectivity index (χ3v) is 3.41. The van der Waals surface area contributed by atoms with Crippen molar-refractivity contribution in [2.75, 3.05) is 18.0 Å². The minimum absolute atomic E-state index is 0.251. The van der Waals surface area contributed by atoms with Gasteiger partial charge in [0.2, 0.25) is 0 Å². The van der Waals surface area contributed by atoms with Crippen LogP contribution >= 0.6 is 0 Å². The van der Waals surface area contributed by atoms with Crippen LogP contribution in [0.3, 0.4) is 0 Å². The largest absolute Gasteiger partial charge is 0.369 e. The van der Waals surface area contributed by atoms with Gasteiger partial charge in [-0.05, 0) is 37.5 Å². The number of nitrogens with zero attached hydrogens (tertiary/aromatic N) is 3. The van der Waals surface area contributed by atoms with Crippen molar-refractivity contribution in [3.8, 4) is 6.07 Å². The second kappa shape index (κ2) is 6.84. The number of nitriles is 1. The van der Waals surface area contributed by atoms with Gasteiger partial charge in [0.1, 0.15) is 12.2 Å². The van der Waals surface area contributed by atoms with Gasteiger partial charge in [0.25, 0.3) is 5.91 Å². The van der Waals surface area contributed by atoms with Gasteiger partial charge < -0.3 is 4.90 Å². The Kier molecular flexibility index (Phi) is 4.88. The quantitative estimate of drug-likeness (QED) is 0.681. The smallest absolute Gasteiger partial charge is 0.254 e. The molecule has 0 spiro atoms. The zero-order chi connectivity index (χ0) is 15.2. The molecule has 110 valence electrons. The molecule has 0 unspecified atom stereocenters. The van der Waals surface area contributed by atoms with Gasteiger partial charge in [-0.1, -0.05) is 0 Å². The lowest BCUT2D eigenvalue weighted by Crippen LogP contribution is -2.19. The van der Waals surface area contributed by atoms with Crippen molar-refractivity contribution in [1.82, 2.24) is 5.43 Å². The van der Waals surface area contributed by atoms with Crippen LogP contribution in [-0.4, -0.2) is 25.2 Å². The summed E-state index contributed by atoms with van der Waals surface area (Å²) in [5, 5.41) is 12.1. The summed E-state index contributed by atoms with van der Waals surface area (Å²) in [4.78, 5) is 13.1. The maximum atomic E-state index is 14.2. The van der Waals surface area contributed by atoms with Gasteiger partial charge in [-0.3, -0.25) is 4.79 Å². The van der Waals surface area contributed by atoms with Crippen LogP contribution in [0.5, 0.6) is 0 Å². The number of hydrogen-bond donors (Lipinski definition) is 1. The lowest BCUT2D eigenvalue weighted by molar-refractivity contribution is -0.120. The Balaban J connectivity index is 2.11. The number of benzene rings is 1. The molecule has 1 heterocycles. The number of carbonyl (C=O) groups excluding carboxylic acids is 1. The second-order valence-electron chi connectivity index (χ2n) is 4.98. The Labute approximate surface area is 123 Å². The normalized spacial score (nSPS) is 14.4. The van der Waals surface area contributed by atoms with Gasteiger partial charge >= 0.3 is 0 Å². The summed E-state index contributed by atoms with van der Waals surface area (Å²) >= 11 is 0. The molecule has 0 saturated carbocycles. The molecule has 1 saturated heterocycles. The van der Waals surface area contributed by atoms with E-state index in [1.165, 1.54) is 12.3 Å². The van der Waals surface area contributed by atoms with Crippen LogP contribution in [0.4, 0.5) is 10.1 Å². The molecular weight excluding hydrogens is 271 g/mol. The van der Waals surface area contributed by atoms with E-state index in [2.05, 4.69) is 10.5 Å². The van der Waals surface area contributed by atoms with Crippen molar-refractivity contribution in [2.24, 2.45) is 5.10 Å². The summed E-state index contributed by atoms with van der Waals surface area (Å²) in [7, 11) is 0. The number of hydrazone groups is 1. The molecule has 1 aliphatic heterocycles. The molecule has 0 radical (unpaired) electrons. The number of carbonyl (C=O) groups is 1. The fraction of sp³-hybridized carbons (Fsp3) is 0.400. The number of amides is 1. The van der Waals surface area contributed by atoms with E-state index in [9.17, 15) is 9.18 Å². The fourth-order valence-electron chi connectivity index (χ4n) is 2.31. The molecule has 1 aromatic carbocycles. The predicted molar refractivity (Wildman–Crippen MR) is 78.6 cm³/mol. The van der Waals surface area contributed by atoms with Gasteiger partial charge in [0, 0.05) is 18.7 Å². The molecule has 21 heavy (non-hydrogen) atoms. The number of nitrogens with one attached hydrogen (secondary N) is 1. The zero-order valence-electron chi connectivity index (χ0n) is 11.9. The van der Waals surface area contributed by atoms with Crippen molar-refractivity contribution in [3.63, 3.8) is 0 Å². The standard InChI is InChI=1S/C15H17FN4O/c1-11-8-14(20-6-2-3-7-20)13(16)9-12(11)10-18-19-15(21)4-5-17/h8-10H,2-4,6-7H2,1H3,(H,19,21)/b18-10-. The highest BCUT2D eigenvalue weighted by molar-refractivity contribution is 5.85. The van der Waals surface area contributed by atoms with Crippen LogP contribution in [-0.2, 0) is 4.79 Å². The van der Waals surface area contributed by atoms with E-state index >= 15 is 0 Å². The fourth-order valence-corrected chi connectivity index (χ4v) is 2.31. The van der Waals surface area contributed by atoms with Crippen molar-refractivity contribution in [1.29, 1.82) is 5.26 Å². The Morgan fingerprint density at radius 2 is 2.24 bits per heavy atom. The van der Waals surface area contributed by atoms with Crippen molar-refractivity contribution in [3.05, 3.63) is 29.1 Å². The first-order valence-electron chi connectivity index (χ1n) is 6.86. The van der Waals surface area contributed by atoms with Gasteiger partial charge in [-0.15, -0.1) is 0 Å². The molecule has 1 amide bonds. The lowest BCUT2D eigenvalue weighted by atomic mass is 10.1. The molecule has 1 fully saturated rings. The molecule has 0 aromatic heterocycles. The van der Waals surface area contributed by atoms with Crippen molar-refractivity contribution >= 4 is 17.8 Å². The molecule has 0 atom stereocenters. The van der Waals surface area contributed by atoms with Gasteiger partial charge in [0.15, 0.2) is 0 Å². The van der Waals surface area contributed by atoms with E-state index in [-0.39, 0.29) is 12.2 Å². The molecule has 1 aromatic rings. The maximum absolute atomic E-state index is 14.2. The molecule has 1 N–H and O–H groups in total. The topological polar surface area (TPSA) is 68.5 Å². The second-order valence-corrected chi connectivity index (χ2v) is 4.98. The Bertz CT molecular complexity index is 600. The van der Waals surface area contributed by atoms with Crippen molar-refractivity contribution in [2.45, 2.75) is 26.2 Å². The average Bonchev–Trinajstić information content (AvgIpc) is 2.96. The summed E-state index contributed by atoms with van der Waals surface area (Å²) in [5.74, 6) is -0.770. The SMILES string of the molecule is Cc1cc(N2CCCC2)c(F)cc1/C=N\NC(=O)CC#N. The highest BCUT2D eigenvalue weighted by atomic mass is 19.1. The van der Waals surface area contributed by atoms with E-state index in [0.29, 0.717) is 11.3 Å². The number of halogens is 1. The third-order valence-electron chi connectivity index (χ3n) is 3.41. The first-order valence-corrected chi connectivity index (χ1v) is 6.86. The average molecular weight is 288 g/mol.